The molecule has 1 heterocycles. The minimum absolute atomic E-state index is 0.0524. The van der Waals surface area contributed by atoms with Crippen LogP contribution in [0.15, 0.2) is 66.9 Å². The number of H-pyrrole nitrogens is 1. The van der Waals surface area contributed by atoms with Gasteiger partial charge in [-0.25, -0.2) is 4.98 Å². The molecule has 0 unspecified atom stereocenters. The molecule has 1 aromatic heterocycles. The molecule has 0 aliphatic carbocycles. The lowest BCUT2D eigenvalue weighted by molar-refractivity contribution is 0.0954. The van der Waals surface area contributed by atoms with Gasteiger partial charge in [-0.2, -0.15) is 0 Å². The van der Waals surface area contributed by atoms with E-state index in [1.807, 2.05) is 54.7 Å². The molecule has 22 heavy (non-hydrogen) atoms. The summed E-state index contributed by atoms with van der Waals surface area (Å²) in [6.07, 6.45) is 2.54. The van der Waals surface area contributed by atoms with Crippen LogP contribution in [0.4, 0.5) is 0 Å². The Morgan fingerprint density at radius 2 is 1.68 bits per heavy atom. The first kappa shape index (κ1) is 14.1. The van der Waals surface area contributed by atoms with Gasteiger partial charge in [0.1, 0.15) is 5.82 Å². The smallest absolute Gasteiger partial charge is 0.251 e. The van der Waals surface area contributed by atoms with Crippen molar-refractivity contribution in [3.8, 4) is 11.4 Å². The van der Waals surface area contributed by atoms with Crippen LogP contribution >= 0.6 is 0 Å². The molecule has 4 nitrogen and oxygen atoms in total. The van der Waals surface area contributed by atoms with Crippen LogP contribution in [0.1, 0.15) is 16.1 Å². The van der Waals surface area contributed by atoms with Crippen molar-refractivity contribution >= 4 is 5.91 Å². The second kappa shape index (κ2) is 6.72. The van der Waals surface area contributed by atoms with Crippen molar-refractivity contribution < 1.29 is 4.79 Å². The first-order valence-corrected chi connectivity index (χ1v) is 7.25. The maximum Gasteiger partial charge on any atom is 0.251 e. The average molecular weight is 291 g/mol. The van der Waals surface area contributed by atoms with Gasteiger partial charge in [0.25, 0.3) is 5.91 Å². The minimum Gasteiger partial charge on any atom is -0.352 e. The molecule has 3 aromatic rings. The SMILES string of the molecule is O=C(NCCc1cnc(-c2ccccc2)[nH]1)c1ccccc1. The second-order valence-corrected chi connectivity index (χ2v) is 4.99. The van der Waals surface area contributed by atoms with E-state index in [0.717, 1.165) is 23.5 Å². The predicted molar refractivity (Wildman–Crippen MR) is 86.5 cm³/mol. The van der Waals surface area contributed by atoms with E-state index in [-0.39, 0.29) is 5.91 Å². The molecule has 0 atom stereocenters. The van der Waals surface area contributed by atoms with E-state index in [1.54, 1.807) is 12.1 Å². The Balaban J connectivity index is 1.55. The van der Waals surface area contributed by atoms with Crippen LogP contribution in [0.2, 0.25) is 0 Å². The van der Waals surface area contributed by atoms with Gasteiger partial charge in [-0.3, -0.25) is 4.79 Å². The van der Waals surface area contributed by atoms with E-state index < -0.39 is 0 Å². The largest absolute Gasteiger partial charge is 0.352 e. The van der Waals surface area contributed by atoms with Crippen molar-refractivity contribution in [2.75, 3.05) is 6.54 Å². The van der Waals surface area contributed by atoms with E-state index >= 15 is 0 Å². The first-order chi connectivity index (χ1) is 10.8. The number of aromatic amines is 1. The van der Waals surface area contributed by atoms with Crippen LogP contribution in [0, 0.1) is 0 Å². The number of hydrogen-bond acceptors (Lipinski definition) is 2. The predicted octanol–water partition coefficient (Wildman–Crippen LogP) is 3.05. The highest BCUT2D eigenvalue weighted by molar-refractivity contribution is 5.94. The number of nitrogens with one attached hydrogen (secondary N) is 2. The van der Waals surface area contributed by atoms with Crippen LogP contribution in [-0.2, 0) is 6.42 Å². The molecule has 4 heteroatoms. The third-order valence-corrected chi connectivity index (χ3v) is 3.39. The molecule has 0 spiro atoms. The fourth-order valence-electron chi connectivity index (χ4n) is 2.23. The summed E-state index contributed by atoms with van der Waals surface area (Å²) in [5, 5.41) is 2.91. The Morgan fingerprint density at radius 3 is 2.41 bits per heavy atom. The van der Waals surface area contributed by atoms with Gasteiger partial charge in [0, 0.05) is 36.0 Å². The highest BCUT2D eigenvalue weighted by Crippen LogP contribution is 2.14. The van der Waals surface area contributed by atoms with Crippen LogP contribution in [0.3, 0.4) is 0 Å². The number of rotatable bonds is 5. The van der Waals surface area contributed by atoms with Crippen molar-refractivity contribution in [3.63, 3.8) is 0 Å². The summed E-state index contributed by atoms with van der Waals surface area (Å²) < 4.78 is 0. The Bertz CT molecular complexity index is 735. The standard InChI is InChI=1S/C18H17N3O/c22-18(15-9-5-2-6-10-15)19-12-11-16-13-20-17(21-16)14-7-3-1-4-8-14/h1-10,13H,11-12H2,(H,19,22)(H,20,21). The van der Waals surface area contributed by atoms with E-state index in [1.165, 1.54) is 0 Å². The number of nitrogens with zero attached hydrogens (tertiary/aromatic N) is 1. The summed E-state index contributed by atoms with van der Waals surface area (Å²) >= 11 is 0. The van der Waals surface area contributed by atoms with E-state index in [2.05, 4.69) is 15.3 Å². The summed E-state index contributed by atoms with van der Waals surface area (Å²) in [4.78, 5) is 19.6. The van der Waals surface area contributed by atoms with Crippen molar-refractivity contribution in [3.05, 3.63) is 78.1 Å². The molecule has 0 saturated carbocycles. The maximum atomic E-state index is 11.9. The molecule has 2 aromatic carbocycles. The molecule has 0 aliphatic rings. The highest BCUT2D eigenvalue weighted by atomic mass is 16.1. The quantitative estimate of drug-likeness (QED) is 0.759. The summed E-state index contributed by atoms with van der Waals surface area (Å²) in [7, 11) is 0. The zero-order valence-corrected chi connectivity index (χ0v) is 12.1. The summed E-state index contributed by atoms with van der Waals surface area (Å²) in [5.41, 5.74) is 2.74. The number of imidazole rings is 1. The number of hydrogen-bond donors (Lipinski definition) is 2. The molecule has 0 saturated heterocycles. The van der Waals surface area contributed by atoms with Crippen LogP contribution in [-0.4, -0.2) is 22.4 Å². The van der Waals surface area contributed by atoms with E-state index in [4.69, 9.17) is 0 Å². The van der Waals surface area contributed by atoms with Crippen molar-refractivity contribution in [2.24, 2.45) is 0 Å². The van der Waals surface area contributed by atoms with Gasteiger partial charge in [-0.15, -0.1) is 0 Å². The molecule has 0 radical (unpaired) electrons. The number of carbonyl (C=O) groups is 1. The Morgan fingerprint density at radius 1 is 1.00 bits per heavy atom. The third kappa shape index (κ3) is 3.41. The number of aromatic nitrogens is 2. The number of benzene rings is 2. The van der Waals surface area contributed by atoms with Gasteiger partial charge in [0.05, 0.1) is 0 Å². The Labute approximate surface area is 129 Å². The molecule has 3 rings (SSSR count). The molecule has 0 aliphatic heterocycles. The van der Waals surface area contributed by atoms with Gasteiger partial charge in [0.15, 0.2) is 0 Å². The maximum absolute atomic E-state index is 11.9. The topological polar surface area (TPSA) is 57.8 Å². The lowest BCUT2D eigenvalue weighted by Crippen LogP contribution is -2.25. The van der Waals surface area contributed by atoms with Gasteiger partial charge in [-0.1, -0.05) is 48.5 Å². The van der Waals surface area contributed by atoms with Gasteiger partial charge < -0.3 is 10.3 Å². The van der Waals surface area contributed by atoms with Crippen LogP contribution in [0.25, 0.3) is 11.4 Å². The van der Waals surface area contributed by atoms with Crippen molar-refractivity contribution in [2.45, 2.75) is 6.42 Å². The Kier molecular flexibility index (Phi) is 4.30. The van der Waals surface area contributed by atoms with Crippen molar-refractivity contribution in [1.29, 1.82) is 0 Å². The van der Waals surface area contributed by atoms with Crippen molar-refractivity contribution in [1.82, 2.24) is 15.3 Å². The fourth-order valence-corrected chi connectivity index (χ4v) is 2.23. The molecule has 0 fully saturated rings. The number of amides is 1. The Hall–Kier alpha value is -2.88. The van der Waals surface area contributed by atoms with E-state index in [0.29, 0.717) is 12.1 Å². The molecule has 1 amide bonds. The van der Waals surface area contributed by atoms with Gasteiger partial charge in [-0.05, 0) is 12.1 Å². The normalized spacial score (nSPS) is 10.4. The van der Waals surface area contributed by atoms with Gasteiger partial charge in [0.2, 0.25) is 0 Å². The zero-order valence-electron chi connectivity index (χ0n) is 12.1. The number of carbonyl (C=O) groups excluding carboxylic acids is 1. The summed E-state index contributed by atoms with van der Waals surface area (Å²) in [5.74, 6) is 0.799. The molecule has 0 bridgehead atoms. The molecular formula is C18H17N3O. The zero-order chi connectivity index (χ0) is 15.2. The lowest BCUT2D eigenvalue weighted by Gasteiger charge is -2.04. The second-order valence-electron chi connectivity index (χ2n) is 4.99. The van der Waals surface area contributed by atoms with E-state index in [9.17, 15) is 4.79 Å². The minimum atomic E-state index is -0.0524. The first-order valence-electron chi connectivity index (χ1n) is 7.25. The lowest BCUT2D eigenvalue weighted by atomic mass is 10.2. The van der Waals surface area contributed by atoms with Crippen LogP contribution in [0.5, 0.6) is 0 Å². The van der Waals surface area contributed by atoms with Crippen LogP contribution < -0.4 is 5.32 Å². The van der Waals surface area contributed by atoms with Gasteiger partial charge >= 0.3 is 0 Å². The molecule has 2 N–H and O–H groups in total. The highest BCUT2D eigenvalue weighted by Gasteiger charge is 2.05. The average Bonchev–Trinajstić information content (AvgIpc) is 3.05. The molecule has 110 valence electrons. The summed E-state index contributed by atoms with van der Waals surface area (Å²) in [6.45, 7) is 0.574. The monoisotopic (exact) mass is 291 g/mol. The molecular weight excluding hydrogens is 274 g/mol. The third-order valence-electron chi connectivity index (χ3n) is 3.39. The summed E-state index contributed by atoms with van der Waals surface area (Å²) in [6, 6.07) is 19.2. The fraction of sp³-hybridized carbons (Fsp3) is 0.111.